The number of nitrogens with zero attached hydrogens (tertiary/aromatic N) is 1. The zero-order valence-electron chi connectivity index (χ0n) is 5.58. The molecule has 54 valence electrons. The van der Waals surface area contributed by atoms with Gasteiger partial charge in [0.2, 0.25) is 0 Å². The minimum absolute atomic E-state index is 0.0220. The minimum atomic E-state index is -0.0220. The second-order valence-corrected chi connectivity index (χ2v) is 2.59. The van der Waals surface area contributed by atoms with Gasteiger partial charge in [0, 0.05) is 5.92 Å². The summed E-state index contributed by atoms with van der Waals surface area (Å²) >= 11 is 0. The van der Waals surface area contributed by atoms with Gasteiger partial charge in [-0.1, -0.05) is 0 Å². The molecule has 0 radical (unpaired) electrons. The molecule has 2 rings (SSSR count). The number of aliphatic hydroxyl groups excluding tert-OH is 1. The molecule has 0 spiro atoms. The third-order valence-corrected chi connectivity index (χ3v) is 1.78. The van der Waals surface area contributed by atoms with Crippen LogP contribution >= 0.6 is 0 Å². The van der Waals surface area contributed by atoms with Gasteiger partial charge in [0.05, 0.1) is 5.69 Å². The summed E-state index contributed by atoms with van der Waals surface area (Å²) in [6.45, 7) is -0.0220. The Morgan fingerprint density at radius 2 is 2.50 bits per heavy atom. The van der Waals surface area contributed by atoms with Crippen LogP contribution in [-0.4, -0.2) is 10.1 Å². The highest BCUT2D eigenvalue weighted by Gasteiger charge is 2.28. The van der Waals surface area contributed by atoms with Crippen LogP contribution in [0.15, 0.2) is 10.8 Å². The first-order valence-corrected chi connectivity index (χ1v) is 3.45. The SMILES string of the molecule is OCc1ocnc1C1CC1. The average Bonchev–Trinajstić information content (AvgIpc) is 2.69. The van der Waals surface area contributed by atoms with Gasteiger partial charge in [-0.3, -0.25) is 0 Å². The summed E-state index contributed by atoms with van der Waals surface area (Å²) in [5, 5.41) is 8.75. The highest BCUT2D eigenvalue weighted by atomic mass is 16.4. The number of rotatable bonds is 2. The third kappa shape index (κ3) is 0.827. The molecular weight excluding hydrogens is 130 g/mol. The second kappa shape index (κ2) is 2.09. The van der Waals surface area contributed by atoms with E-state index in [0.29, 0.717) is 11.7 Å². The van der Waals surface area contributed by atoms with E-state index in [9.17, 15) is 0 Å². The molecule has 0 saturated heterocycles. The Hall–Kier alpha value is -0.830. The summed E-state index contributed by atoms with van der Waals surface area (Å²) in [4.78, 5) is 4.02. The van der Waals surface area contributed by atoms with Crippen molar-refractivity contribution in [3.63, 3.8) is 0 Å². The molecule has 1 N–H and O–H groups in total. The Morgan fingerprint density at radius 1 is 1.70 bits per heavy atom. The van der Waals surface area contributed by atoms with Crippen LogP contribution in [0.3, 0.4) is 0 Å². The quantitative estimate of drug-likeness (QED) is 0.666. The molecule has 0 aromatic carbocycles. The number of hydrogen-bond acceptors (Lipinski definition) is 3. The molecule has 0 unspecified atom stereocenters. The van der Waals surface area contributed by atoms with Crippen molar-refractivity contribution in [2.45, 2.75) is 25.4 Å². The Bertz CT molecular complexity index is 227. The smallest absolute Gasteiger partial charge is 0.181 e. The number of oxazole rings is 1. The molecule has 1 saturated carbocycles. The number of hydrogen-bond donors (Lipinski definition) is 1. The van der Waals surface area contributed by atoms with Gasteiger partial charge in [0.25, 0.3) is 0 Å². The van der Waals surface area contributed by atoms with Gasteiger partial charge in [0.1, 0.15) is 6.61 Å². The van der Waals surface area contributed by atoms with Crippen molar-refractivity contribution in [3.8, 4) is 0 Å². The first-order valence-electron chi connectivity index (χ1n) is 3.45. The Balaban J connectivity index is 2.28. The van der Waals surface area contributed by atoms with Crippen LogP contribution in [-0.2, 0) is 6.61 Å². The molecule has 1 aliphatic carbocycles. The van der Waals surface area contributed by atoms with Gasteiger partial charge >= 0.3 is 0 Å². The molecule has 0 aliphatic heterocycles. The van der Waals surface area contributed by atoms with Gasteiger partial charge < -0.3 is 9.52 Å². The molecule has 0 bridgehead atoms. The summed E-state index contributed by atoms with van der Waals surface area (Å²) in [5.41, 5.74) is 0.961. The average molecular weight is 139 g/mol. The maximum Gasteiger partial charge on any atom is 0.181 e. The summed E-state index contributed by atoms with van der Waals surface area (Å²) in [6.07, 6.45) is 3.79. The van der Waals surface area contributed by atoms with Crippen molar-refractivity contribution >= 4 is 0 Å². The Kier molecular flexibility index (Phi) is 1.24. The first-order chi connectivity index (χ1) is 4.92. The fraction of sp³-hybridized carbons (Fsp3) is 0.571. The lowest BCUT2D eigenvalue weighted by Gasteiger charge is -1.91. The van der Waals surface area contributed by atoms with Crippen LogP contribution in [0.1, 0.15) is 30.2 Å². The molecule has 3 nitrogen and oxygen atoms in total. The summed E-state index contributed by atoms with van der Waals surface area (Å²) < 4.78 is 4.95. The van der Waals surface area contributed by atoms with E-state index >= 15 is 0 Å². The van der Waals surface area contributed by atoms with Crippen LogP contribution in [0.4, 0.5) is 0 Å². The normalized spacial score (nSPS) is 17.7. The van der Waals surface area contributed by atoms with E-state index in [1.807, 2.05) is 0 Å². The molecule has 1 aromatic rings. The van der Waals surface area contributed by atoms with E-state index < -0.39 is 0 Å². The largest absolute Gasteiger partial charge is 0.446 e. The predicted octanol–water partition coefficient (Wildman–Crippen LogP) is 1.04. The Morgan fingerprint density at radius 3 is 3.10 bits per heavy atom. The number of aromatic nitrogens is 1. The van der Waals surface area contributed by atoms with Crippen LogP contribution in [0.25, 0.3) is 0 Å². The van der Waals surface area contributed by atoms with Crippen LogP contribution in [0, 0.1) is 0 Å². The van der Waals surface area contributed by atoms with E-state index in [-0.39, 0.29) is 6.61 Å². The maximum atomic E-state index is 8.75. The van der Waals surface area contributed by atoms with Crippen LogP contribution < -0.4 is 0 Å². The van der Waals surface area contributed by atoms with Gasteiger partial charge in [0.15, 0.2) is 12.2 Å². The van der Waals surface area contributed by atoms with Crippen molar-refractivity contribution < 1.29 is 9.52 Å². The molecule has 1 heterocycles. The van der Waals surface area contributed by atoms with E-state index in [1.165, 1.54) is 19.2 Å². The molecule has 0 amide bonds. The fourth-order valence-corrected chi connectivity index (χ4v) is 1.09. The van der Waals surface area contributed by atoms with Crippen molar-refractivity contribution in [1.29, 1.82) is 0 Å². The second-order valence-electron chi connectivity index (χ2n) is 2.59. The molecule has 0 atom stereocenters. The topological polar surface area (TPSA) is 46.3 Å². The standard InChI is InChI=1S/C7H9NO2/c9-3-6-7(5-1-2-5)8-4-10-6/h4-5,9H,1-3H2. The molecule has 1 aromatic heterocycles. The summed E-state index contributed by atoms with van der Waals surface area (Å²) in [7, 11) is 0. The summed E-state index contributed by atoms with van der Waals surface area (Å²) in [6, 6.07) is 0. The van der Waals surface area contributed by atoms with Crippen LogP contribution in [0.2, 0.25) is 0 Å². The molecule has 1 fully saturated rings. The zero-order chi connectivity index (χ0) is 6.97. The van der Waals surface area contributed by atoms with Crippen molar-refractivity contribution in [2.75, 3.05) is 0 Å². The Labute approximate surface area is 58.7 Å². The highest BCUT2D eigenvalue weighted by Crippen LogP contribution is 2.40. The molecule has 10 heavy (non-hydrogen) atoms. The molecule has 3 heteroatoms. The lowest BCUT2D eigenvalue weighted by molar-refractivity contribution is 0.245. The minimum Gasteiger partial charge on any atom is -0.446 e. The first kappa shape index (κ1) is 5.92. The third-order valence-electron chi connectivity index (χ3n) is 1.78. The van der Waals surface area contributed by atoms with E-state index in [2.05, 4.69) is 4.98 Å². The predicted molar refractivity (Wildman–Crippen MR) is 34.4 cm³/mol. The molecule has 1 aliphatic rings. The number of aliphatic hydroxyl groups is 1. The lowest BCUT2D eigenvalue weighted by atomic mass is 10.2. The van der Waals surface area contributed by atoms with Crippen molar-refractivity contribution in [1.82, 2.24) is 4.98 Å². The lowest BCUT2D eigenvalue weighted by Crippen LogP contribution is -1.87. The maximum absolute atomic E-state index is 8.75. The van der Waals surface area contributed by atoms with E-state index in [4.69, 9.17) is 9.52 Å². The van der Waals surface area contributed by atoms with Gasteiger partial charge in [-0.25, -0.2) is 4.98 Å². The highest BCUT2D eigenvalue weighted by molar-refractivity contribution is 5.17. The summed E-state index contributed by atoms with van der Waals surface area (Å²) in [5.74, 6) is 1.21. The van der Waals surface area contributed by atoms with Gasteiger partial charge in [-0.05, 0) is 12.8 Å². The van der Waals surface area contributed by atoms with Gasteiger partial charge in [-0.2, -0.15) is 0 Å². The van der Waals surface area contributed by atoms with Gasteiger partial charge in [-0.15, -0.1) is 0 Å². The molecular formula is C7H9NO2. The zero-order valence-corrected chi connectivity index (χ0v) is 5.58. The van der Waals surface area contributed by atoms with Crippen LogP contribution in [0.5, 0.6) is 0 Å². The monoisotopic (exact) mass is 139 g/mol. The van der Waals surface area contributed by atoms with Crippen molar-refractivity contribution in [2.24, 2.45) is 0 Å². The van der Waals surface area contributed by atoms with E-state index in [1.54, 1.807) is 0 Å². The van der Waals surface area contributed by atoms with E-state index in [0.717, 1.165) is 5.69 Å². The fourth-order valence-electron chi connectivity index (χ4n) is 1.09. The van der Waals surface area contributed by atoms with Crippen molar-refractivity contribution in [3.05, 3.63) is 17.8 Å².